The molecule has 0 saturated carbocycles. The lowest BCUT2D eigenvalue weighted by Gasteiger charge is -1.96. The molecule has 0 bridgehead atoms. The molecule has 0 aliphatic rings. The number of hydrogen-bond acceptors (Lipinski definition) is 3. The SMILES string of the molecule is CSc1ccc(C=NNC(N)=O)cc1. The zero-order valence-electron chi connectivity index (χ0n) is 7.73. The number of rotatable bonds is 3. The highest BCUT2D eigenvalue weighted by atomic mass is 32.2. The van der Waals surface area contributed by atoms with Crippen LogP contribution in [0.4, 0.5) is 4.79 Å². The first-order chi connectivity index (χ1) is 6.72. The number of urea groups is 1. The lowest BCUT2D eigenvalue weighted by atomic mass is 10.2. The van der Waals surface area contributed by atoms with Gasteiger partial charge in [-0.25, -0.2) is 10.2 Å². The van der Waals surface area contributed by atoms with Crippen molar-refractivity contribution in [2.24, 2.45) is 10.8 Å². The molecule has 0 heterocycles. The number of primary amides is 1. The number of amides is 2. The van der Waals surface area contributed by atoms with E-state index in [2.05, 4.69) is 10.5 Å². The summed E-state index contributed by atoms with van der Waals surface area (Å²) >= 11 is 1.67. The highest BCUT2D eigenvalue weighted by Gasteiger charge is 1.90. The van der Waals surface area contributed by atoms with Crippen LogP contribution in [0.15, 0.2) is 34.3 Å². The number of nitrogens with zero attached hydrogens (tertiary/aromatic N) is 1. The van der Waals surface area contributed by atoms with E-state index in [9.17, 15) is 4.79 Å². The Morgan fingerprint density at radius 1 is 1.50 bits per heavy atom. The fraction of sp³-hybridized carbons (Fsp3) is 0.111. The van der Waals surface area contributed by atoms with Gasteiger partial charge in [-0.1, -0.05) is 12.1 Å². The molecule has 1 aromatic carbocycles. The van der Waals surface area contributed by atoms with E-state index in [0.717, 1.165) is 5.56 Å². The van der Waals surface area contributed by atoms with Crippen LogP contribution in [0.25, 0.3) is 0 Å². The second-order valence-corrected chi connectivity index (χ2v) is 3.39. The highest BCUT2D eigenvalue weighted by molar-refractivity contribution is 7.98. The number of hydrazone groups is 1. The summed E-state index contributed by atoms with van der Waals surface area (Å²) in [6.45, 7) is 0. The van der Waals surface area contributed by atoms with Crippen molar-refractivity contribution < 1.29 is 4.79 Å². The summed E-state index contributed by atoms with van der Waals surface area (Å²) in [5.41, 5.74) is 7.87. The van der Waals surface area contributed by atoms with E-state index in [1.807, 2.05) is 30.5 Å². The molecule has 1 aromatic rings. The average Bonchev–Trinajstić information content (AvgIpc) is 2.18. The van der Waals surface area contributed by atoms with Gasteiger partial charge in [-0.15, -0.1) is 11.8 Å². The molecule has 14 heavy (non-hydrogen) atoms. The predicted molar refractivity (Wildman–Crippen MR) is 58.5 cm³/mol. The van der Waals surface area contributed by atoms with E-state index in [1.54, 1.807) is 11.8 Å². The first-order valence-electron chi connectivity index (χ1n) is 3.95. The Balaban J connectivity index is 2.59. The van der Waals surface area contributed by atoms with Gasteiger partial charge < -0.3 is 5.73 Å². The summed E-state index contributed by atoms with van der Waals surface area (Å²) in [6, 6.07) is 7.13. The molecule has 0 aliphatic carbocycles. The van der Waals surface area contributed by atoms with Gasteiger partial charge in [-0.3, -0.25) is 0 Å². The molecule has 0 radical (unpaired) electrons. The fourth-order valence-electron chi connectivity index (χ4n) is 0.860. The monoisotopic (exact) mass is 209 g/mol. The maximum absolute atomic E-state index is 10.3. The van der Waals surface area contributed by atoms with E-state index in [0.29, 0.717) is 0 Å². The minimum atomic E-state index is -0.665. The van der Waals surface area contributed by atoms with Gasteiger partial charge in [0.25, 0.3) is 0 Å². The second kappa shape index (κ2) is 5.29. The largest absolute Gasteiger partial charge is 0.350 e. The van der Waals surface area contributed by atoms with Crippen LogP contribution in [0.1, 0.15) is 5.56 Å². The Kier molecular flexibility index (Phi) is 4.00. The normalized spacial score (nSPS) is 10.4. The Bertz CT molecular complexity index is 334. The number of hydrogen-bond donors (Lipinski definition) is 2. The van der Waals surface area contributed by atoms with Gasteiger partial charge in [0, 0.05) is 4.90 Å². The third-order valence-electron chi connectivity index (χ3n) is 1.50. The van der Waals surface area contributed by atoms with Gasteiger partial charge >= 0.3 is 6.03 Å². The Morgan fingerprint density at radius 3 is 2.64 bits per heavy atom. The Morgan fingerprint density at radius 2 is 2.14 bits per heavy atom. The van der Waals surface area contributed by atoms with E-state index in [4.69, 9.17) is 5.73 Å². The van der Waals surface area contributed by atoms with Crippen LogP contribution in [-0.2, 0) is 0 Å². The molecule has 74 valence electrons. The summed E-state index contributed by atoms with van der Waals surface area (Å²) in [5, 5.41) is 3.64. The van der Waals surface area contributed by atoms with Crippen LogP contribution >= 0.6 is 11.8 Å². The van der Waals surface area contributed by atoms with Crippen LogP contribution in [0.3, 0.4) is 0 Å². The van der Waals surface area contributed by atoms with Crippen molar-refractivity contribution in [3.05, 3.63) is 29.8 Å². The second-order valence-electron chi connectivity index (χ2n) is 2.51. The van der Waals surface area contributed by atoms with Crippen molar-refractivity contribution in [3.63, 3.8) is 0 Å². The molecule has 0 saturated heterocycles. The van der Waals surface area contributed by atoms with Crippen molar-refractivity contribution in [1.29, 1.82) is 0 Å². The Hall–Kier alpha value is -1.49. The number of benzene rings is 1. The van der Waals surface area contributed by atoms with Gasteiger partial charge in [0.05, 0.1) is 6.21 Å². The average molecular weight is 209 g/mol. The smallest absolute Gasteiger partial charge is 0.332 e. The molecule has 2 amide bonds. The minimum absolute atomic E-state index is 0.665. The quantitative estimate of drug-likeness (QED) is 0.449. The molecule has 0 fully saturated rings. The third kappa shape index (κ3) is 3.49. The zero-order chi connectivity index (χ0) is 10.4. The summed E-state index contributed by atoms with van der Waals surface area (Å²) in [6.07, 6.45) is 3.55. The third-order valence-corrected chi connectivity index (χ3v) is 2.25. The molecule has 0 aliphatic heterocycles. The molecule has 0 atom stereocenters. The van der Waals surface area contributed by atoms with Crippen molar-refractivity contribution in [2.45, 2.75) is 4.90 Å². The summed E-state index contributed by atoms with van der Waals surface area (Å²) in [4.78, 5) is 11.5. The zero-order valence-corrected chi connectivity index (χ0v) is 8.54. The van der Waals surface area contributed by atoms with E-state index in [1.165, 1.54) is 11.1 Å². The van der Waals surface area contributed by atoms with Gasteiger partial charge in [0.1, 0.15) is 0 Å². The van der Waals surface area contributed by atoms with Gasteiger partial charge in [0.2, 0.25) is 0 Å². The van der Waals surface area contributed by atoms with Crippen LogP contribution in [0, 0.1) is 0 Å². The number of thioether (sulfide) groups is 1. The molecule has 0 unspecified atom stereocenters. The Labute approximate surface area is 86.6 Å². The van der Waals surface area contributed by atoms with Gasteiger partial charge in [-0.05, 0) is 24.0 Å². The van der Waals surface area contributed by atoms with E-state index < -0.39 is 6.03 Å². The van der Waals surface area contributed by atoms with Crippen molar-refractivity contribution in [3.8, 4) is 0 Å². The molecule has 3 N–H and O–H groups in total. The van der Waals surface area contributed by atoms with Crippen LogP contribution < -0.4 is 11.2 Å². The van der Waals surface area contributed by atoms with Gasteiger partial charge in [-0.2, -0.15) is 5.10 Å². The molecule has 0 spiro atoms. The first-order valence-corrected chi connectivity index (χ1v) is 5.17. The maximum Gasteiger partial charge on any atom is 0.332 e. The van der Waals surface area contributed by atoms with Crippen molar-refractivity contribution >= 4 is 24.0 Å². The molecule has 1 rings (SSSR count). The van der Waals surface area contributed by atoms with Crippen molar-refractivity contribution in [2.75, 3.05) is 6.26 Å². The standard InChI is InChI=1S/C9H11N3OS/c1-14-8-4-2-7(3-5-8)6-11-12-9(10)13/h2-6H,1H3,(H3,10,12,13). The molecular formula is C9H11N3OS. The number of carbonyl (C=O) groups excluding carboxylic acids is 1. The highest BCUT2D eigenvalue weighted by Crippen LogP contribution is 2.13. The molecule has 4 nitrogen and oxygen atoms in total. The molecule has 5 heteroatoms. The summed E-state index contributed by atoms with van der Waals surface area (Å²) < 4.78 is 0. The van der Waals surface area contributed by atoms with E-state index >= 15 is 0 Å². The number of nitrogens with one attached hydrogen (secondary N) is 1. The van der Waals surface area contributed by atoms with Crippen LogP contribution in [0.2, 0.25) is 0 Å². The lowest BCUT2D eigenvalue weighted by Crippen LogP contribution is -2.24. The predicted octanol–water partition coefficient (Wildman–Crippen LogP) is 1.41. The number of carbonyl (C=O) groups is 1. The molecule has 0 aromatic heterocycles. The van der Waals surface area contributed by atoms with Crippen molar-refractivity contribution in [1.82, 2.24) is 5.43 Å². The minimum Gasteiger partial charge on any atom is -0.350 e. The van der Waals surface area contributed by atoms with Gasteiger partial charge in [0.15, 0.2) is 0 Å². The summed E-state index contributed by atoms with van der Waals surface area (Å²) in [5.74, 6) is 0. The molecular weight excluding hydrogens is 198 g/mol. The van der Waals surface area contributed by atoms with Crippen LogP contribution in [-0.4, -0.2) is 18.5 Å². The topological polar surface area (TPSA) is 67.5 Å². The lowest BCUT2D eigenvalue weighted by molar-refractivity contribution is 0.249. The van der Waals surface area contributed by atoms with E-state index in [-0.39, 0.29) is 0 Å². The number of nitrogens with two attached hydrogens (primary N) is 1. The summed E-state index contributed by atoms with van der Waals surface area (Å²) in [7, 11) is 0. The maximum atomic E-state index is 10.3. The van der Waals surface area contributed by atoms with Crippen LogP contribution in [0.5, 0.6) is 0 Å². The fourth-order valence-corrected chi connectivity index (χ4v) is 1.27. The first kappa shape index (κ1) is 10.6.